The van der Waals surface area contributed by atoms with Crippen LogP contribution in [0.1, 0.15) is 18.4 Å². The summed E-state index contributed by atoms with van der Waals surface area (Å²) in [7, 11) is 1.62. The lowest BCUT2D eigenvalue weighted by molar-refractivity contribution is 0.0883. The number of anilines is 1. The standard InChI is InChI=1S/C14H19BrN2O3/c1-20-9-11-12(15)5-2-6-13(11)16-14(19)17-7-3-4-10(18)8-17/h2,5-6,10,18H,3-4,7-9H2,1H3,(H,16,19). The maximum atomic E-state index is 12.2. The quantitative estimate of drug-likeness (QED) is 0.887. The number of ether oxygens (including phenoxy) is 1. The van der Waals surface area contributed by atoms with Crippen LogP contribution in [0.4, 0.5) is 10.5 Å². The van der Waals surface area contributed by atoms with Crippen LogP contribution in [0.2, 0.25) is 0 Å². The molecule has 2 amide bonds. The number of urea groups is 1. The van der Waals surface area contributed by atoms with Crippen molar-refractivity contribution in [2.45, 2.75) is 25.6 Å². The SMILES string of the molecule is COCc1c(Br)cccc1NC(=O)N1CCCC(O)C1. The number of hydrogen-bond acceptors (Lipinski definition) is 3. The Morgan fingerprint density at radius 1 is 1.60 bits per heavy atom. The zero-order valence-electron chi connectivity index (χ0n) is 11.4. The Kier molecular flexibility index (Phi) is 5.39. The fraction of sp³-hybridized carbons (Fsp3) is 0.500. The average Bonchev–Trinajstić information content (AvgIpc) is 2.42. The minimum Gasteiger partial charge on any atom is -0.391 e. The molecule has 1 atom stereocenters. The Labute approximate surface area is 127 Å². The van der Waals surface area contributed by atoms with Crippen LogP contribution in [0.3, 0.4) is 0 Å². The third-order valence-electron chi connectivity index (χ3n) is 3.33. The second-order valence-corrected chi connectivity index (χ2v) is 5.73. The largest absolute Gasteiger partial charge is 0.391 e. The number of likely N-dealkylation sites (tertiary alicyclic amines) is 1. The highest BCUT2D eigenvalue weighted by molar-refractivity contribution is 9.10. The van der Waals surface area contributed by atoms with Crippen molar-refractivity contribution >= 4 is 27.6 Å². The van der Waals surface area contributed by atoms with Gasteiger partial charge in [0.1, 0.15) is 0 Å². The van der Waals surface area contributed by atoms with Crippen molar-refractivity contribution in [2.24, 2.45) is 0 Å². The molecule has 0 saturated carbocycles. The van der Waals surface area contributed by atoms with Crippen molar-refractivity contribution in [3.8, 4) is 0 Å². The number of aliphatic hydroxyl groups excluding tert-OH is 1. The normalized spacial score (nSPS) is 18.9. The molecular formula is C14H19BrN2O3. The number of carbonyl (C=O) groups is 1. The topological polar surface area (TPSA) is 61.8 Å². The summed E-state index contributed by atoms with van der Waals surface area (Å²) in [5, 5.41) is 12.5. The monoisotopic (exact) mass is 342 g/mol. The van der Waals surface area contributed by atoms with Crippen LogP contribution in [0, 0.1) is 0 Å². The number of β-amino-alcohol motifs (C(OH)–C–C–N with tert-alkyl or cyclic N) is 1. The maximum absolute atomic E-state index is 12.2. The van der Waals surface area contributed by atoms with Crippen molar-refractivity contribution in [3.63, 3.8) is 0 Å². The molecule has 0 spiro atoms. The van der Waals surface area contributed by atoms with E-state index in [1.54, 1.807) is 12.0 Å². The van der Waals surface area contributed by atoms with E-state index in [0.29, 0.717) is 19.7 Å². The molecule has 0 radical (unpaired) electrons. The number of nitrogens with zero attached hydrogens (tertiary/aromatic N) is 1. The summed E-state index contributed by atoms with van der Waals surface area (Å²) in [5.41, 5.74) is 1.63. The van der Waals surface area contributed by atoms with Gasteiger partial charge in [0.05, 0.1) is 12.7 Å². The van der Waals surface area contributed by atoms with Crippen LogP contribution in [0.15, 0.2) is 22.7 Å². The number of aliphatic hydroxyl groups is 1. The first-order valence-corrected chi connectivity index (χ1v) is 7.41. The van der Waals surface area contributed by atoms with E-state index in [0.717, 1.165) is 28.6 Å². The van der Waals surface area contributed by atoms with E-state index in [1.165, 1.54) is 0 Å². The van der Waals surface area contributed by atoms with Gasteiger partial charge < -0.3 is 20.1 Å². The number of rotatable bonds is 3. The molecule has 2 rings (SSSR count). The van der Waals surface area contributed by atoms with Crippen LogP contribution in [-0.4, -0.2) is 42.3 Å². The minimum absolute atomic E-state index is 0.181. The lowest BCUT2D eigenvalue weighted by atomic mass is 10.1. The third-order valence-corrected chi connectivity index (χ3v) is 4.08. The molecule has 110 valence electrons. The molecule has 20 heavy (non-hydrogen) atoms. The third kappa shape index (κ3) is 3.71. The highest BCUT2D eigenvalue weighted by Crippen LogP contribution is 2.26. The Hall–Kier alpha value is -1.11. The molecule has 0 aliphatic carbocycles. The van der Waals surface area contributed by atoms with E-state index in [1.807, 2.05) is 18.2 Å². The summed E-state index contributed by atoms with van der Waals surface area (Å²) in [6, 6.07) is 5.44. The molecule has 1 fully saturated rings. The maximum Gasteiger partial charge on any atom is 0.321 e. The van der Waals surface area contributed by atoms with Crippen LogP contribution >= 0.6 is 15.9 Å². The number of hydrogen-bond donors (Lipinski definition) is 2. The summed E-state index contributed by atoms with van der Waals surface area (Å²) in [4.78, 5) is 13.9. The molecule has 1 aromatic carbocycles. The van der Waals surface area contributed by atoms with Gasteiger partial charge in [-0.2, -0.15) is 0 Å². The molecule has 0 bridgehead atoms. The highest BCUT2D eigenvalue weighted by Gasteiger charge is 2.22. The average molecular weight is 343 g/mol. The van der Waals surface area contributed by atoms with E-state index in [4.69, 9.17) is 4.74 Å². The molecule has 5 nitrogen and oxygen atoms in total. The second-order valence-electron chi connectivity index (χ2n) is 4.87. The molecule has 6 heteroatoms. The summed E-state index contributed by atoms with van der Waals surface area (Å²) in [5.74, 6) is 0. The van der Waals surface area contributed by atoms with Gasteiger partial charge in [-0.15, -0.1) is 0 Å². The Balaban J connectivity index is 2.09. The van der Waals surface area contributed by atoms with Crippen LogP contribution < -0.4 is 5.32 Å². The van der Waals surface area contributed by atoms with Crippen molar-refractivity contribution in [1.82, 2.24) is 4.90 Å². The summed E-state index contributed by atoms with van der Waals surface area (Å²) < 4.78 is 6.06. The molecule has 1 unspecified atom stereocenters. The van der Waals surface area contributed by atoms with Gasteiger partial charge in [-0.05, 0) is 25.0 Å². The molecule has 1 aliphatic heterocycles. The number of piperidine rings is 1. The minimum atomic E-state index is -0.421. The Morgan fingerprint density at radius 3 is 3.10 bits per heavy atom. The van der Waals surface area contributed by atoms with E-state index >= 15 is 0 Å². The van der Waals surface area contributed by atoms with Crippen molar-refractivity contribution in [1.29, 1.82) is 0 Å². The van der Waals surface area contributed by atoms with Gasteiger partial charge in [-0.3, -0.25) is 0 Å². The molecule has 2 N–H and O–H groups in total. The van der Waals surface area contributed by atoms with Gasteiger partial charge in [-0.25, -0.2) is 4.79 Å². The van der Waals surface area contributed by atoms with Gasteiger partial charge in [0.25, 0.3) is 0 Å². The lowest BCUT2D eigenvalue weighted by Gasteiger charge is -2.30. The van der Waals surface area contributed by atoms with Crippen molar-refractivity contribution in [3.05, 3.63) is 28.2 Å². The number of methoxy groups -OCH3 is 1. The number of amides is 2. The molecule has 1 aromatic rings. The van der Waals surface area contributed by atoms with Crippen LogP contribution in [0.25, 0.3) is 0 Å². The first kappa shape index (κ1) is 15.3. The zero-order valence-corrected chi connectivity index (χ0v) is 13.0. The first-order chi connectivity index (χ1) is 9.61. The number of halogens is 1. The van der Waals surface area contributed by atoms with Crippen molar-refractivity contribution in [2.75, 3.05) is 25.5 Å². The predicted octanol–water partition coefficient (Wildman–Crippen LogP) is 2.58. The summed E-state index contributed by atoms with van der Waals surface area (Å²) in [6.07, 6.45) is 1.17. The van der Waals surface area contributed by atoms with Crippen molar-refractivity contribution < 1.29 is 14.6 Å². The van der Waals surface area contributed by atoms with Crippen LogP contribution in [0.5, 0.6) is 0 Å². The van der Waals surface area contributed by atoms with Gasteiger partial charge in [0.15, 0.2) is 0 Å². The smallest absolute Gasteiger partial charge is 0.321 e. The summed E-state index contributed by atoms with van der Waals surface area (Å²) >= 11 is 3.46. The van der Waals surface area contributed by atoms with Gasteiger partial charge in [0.2, 0.25) is 0 Å². The van der Waals surface area contributed by atoms with Crippen LogP contribution in [-0.2, 0) is 11.3 Å². The number of benzene rings is 1. The first-order valence-electron chi connectivity index (χ1n) is 6.62. The molecule has 1 heterocycles. The summed E-state index contributed by atoms with van der Waals surface area (Å²) in [6.45, 7) is 1.48. The Morgan fingerprint density at radius 2 is 2.40 bits per heavy atom. The fourth-order valence-corrected chi connectivity index (χ4v) is 2.78. The van der Waals surface area contributed by atoms with Gasteiger partial charge in [0, 0.05) is 35.9 Å². The highest BCUT2D eigenvalue weighted by atomic mass is 79.9. The lowest BCUT2D eigenvalue weighted by Crippen LogP contribution is -2.44. The fourth-order valence-electron chi connectivity index (χ4n) is 2.30. The second kappa shape index (κ2) is 7.06. The zero-order chi connectivity index (χ0) is 14.5. The Bertz CT molecular complexity index is 481. The molecular weight excluding hydrogens is 324 g/mol. The number of nitrogens with one attached hydrogen (secondary N) is 1. The number of carbonyl (C=O) groups excluding carboxylic acids is 1. The van der Waals surface area contributed by atoms with Gasteiger partial charge in [-0.1, -0.05) is 22.0 Å². The van der Waals surface area contributed by atoms with E-state index in [9.17, 15) is 9.90 Å². The molecule has 1 aliphatic rings. The van der Waals surface area contributed by atoms with E-state index in [2.05, 4.69) is 21.2 Å². The molecule has 0 aromatic heterocycles. The predicted molar refractivity (Wildman–Crippen MR) is 80.7 cm³/mol. The van der Waals surface area contributed by atoms with E-state index in [-0.39, 0.29) is 6.03 Å². The van der Waals surface area contributed by atoms with E-state index < -0.39 is 6.10 Å². The molecule has 1 saturated heterocycles. The van der Waals surface area contributed by atoms with Gasteiger partial charge >= 0.3 is 6.03 Å².